The molecular weight excluding hydrogens is 480 g/mol. The molecule has 2 aromatic rings. The minimum atomic E-state index is -0.403. The van der Waals surface area contributed by atoms with Gasteiger partial charge in [0.2, 0.25) is 5.91 Å². The minimum Gasteiger partial charge on any atom is -0.459 e. The molecule has 1 N–H and O–H groups in total. The molecule has 38 heavy (non-hydrogen) atoms. The third-order valence-corrected chi connectivity index (χ3v) is 7.89. The third-order valence-electron chi connectivity index (χ3n) is 7.89. The zero-order chi connectivity index (χ0) is 27.2. The van der Waals surface area contributed by atoms with E-state index in [-0.39, 0.29) is 23.3 Å². The van der Waals surface area contributed by atoms with Crippen LogP contribution in [-0.4, -0.2) is 53.0 Å². The monoisotopic (exact) mass is 524 g/mol. The minimum absolute atomic E-state index is 0.0155. The summed E-state index contributed by atoms with van der Waals surface area (Å²) < 4.78 is 5.45. The Morgan fingerprint density at radius 2 is 1.89 bits per heavy atom. The molecule has 8 heteroatoms. The average Bonchev–Trinajstić information content (AvgIpc) is 3.44. The van der Waals surface area contributed by atoms with Crippen molar-refractivity contribution in [1.29, 1.82) is 0 Å². The SMILES string of the molecule is Cc1ccc(N(C(=O)c2ccco2)C2CCN(CCC3(CC(=O)NOC(C)(C)C)CCCCC3)CC2)nc1. The van der Waals surface area contributed by atoms with Crippen LogP contribution >= 0.6 is 0 Å². The Bertz CT molecular complexity index is 1030. The number of carbonyl (C=O) groups excluding carboxylic acids is 2. The molecule has 0 bridgehead atoms. The van der Waals surface area contributed by atoms with Crippen molar-refractivity contribution in [3.05, 3.63) is 48.0 Å². The number of nitrogens with one attached hydrogen (secondary N) is 1. The maximum atomic E-state index is 13.4. The van der Waals surface area contributed by atoms with E-state index in [1.165, 1.54) is 25.5 Å². The summed E-state index contributed by atoms with van der Waals surface area (Å²) in [5, 5.41) is 0. The number of aromatic nitrogens is 1. The van der Waals surface area contributed by atoms with E-state index >= 15 is 0 Å². The number of hydroxylamine groups is 1. The molecule has 1 aliphatic carbocycles. The van der Waals surface area contributed by atoms with Gasteiger partial charge in [0.15, 0.2) is 5.76 Å². The van der Waals surface area contributed by atoms with E-state index in [1.807, 2.05) is 44.7 Å². The lowest BCUT2D eigenvalue weighted by Crippen LogP contribution is -2.48. The summed E-state index contributed by atoms with van der Waals surface area (Å²) in [7, 11) is 0. The molecule has 3 heterocycles. The quantitative estimate of drug-likeness (QED) is 0.425. The van der Waals surface area contributed by atoms with Crippen molar-refractivity contribution in [2.45, 2.75) is 97.1 Å². The van der Waals surface area contributed by atoms with Gasteiger partial charge in [-0.25, -0.2) is 10.5 Å². The van der Waals surface area contributed by atoms with Gasteiger partial charge in [-0.1, -0.05) is 25.3 Å². The highest BCUT2D eigenvalue weighted by molar-refractivity contribution is 6.04. The van der Waals surface area contributed by atoms with Gasteiger partial charge in [-0.2, -0.15) is 0 Å². The molecule has 0 spiro atoms. The fraction of sp³-hybridized carbons (Fsp3) is 0.633. The number of furan rings is 1. The van der Waals surface area contributed by atoms with Crippen molar-refractivity contribution in [3.8, 4) is 0 Å². The van der Waals surface area contributed by atoms with Crippen LogP contribution in [0.5, 0.6) is 0 Å². The number of piperidine rings is 1. The van der Waals surface area contributed by atoms with Gasteiger partial charge in [0.1, 0.15) is 5.82 Å². The molecule has 208 valence electrons. The maximum Gasteiger partial charge on any atom is 0.295 e. The summed E-state index contributed by atoms with van der Waals surface area (Å²) in [6, 6.07) is 7.43. The van der Waals surface area contributed by atoms with E-state index < -0.39 is 5.60 Å². The van der Waals surface area contributed by atoms with Gasteiger partial charge in [0, 0.05) is 31.7 Å². The molecule has 0 radical (unpaired) electrons. The zero-order valence-electron chi connectivity index (χ0n) is 23.5. The van der Waals surface area contributed by atoms with Gasteiger partial charge < -0.3 is 9.32 Å². The van der Waals surface area contributed by atoms with E-state index in [0.717, 1.165) is 57.3 Å². The highest BCUT2D eigenvalue weighted by atomic mass is 16.7. The summed E-state index contributed by atoms with van der Waals surface area (Å²) in [6.07, 6.45) is 12.4. The second kappa shape index (κ2) is 12.4. The van der Waals surface area contributed by atoms with Crippen molar-refractivity contribution in [2.24, 2.45) is 5.41 Å². The number of likely N-dealkylation sites (tertiary alicyclic amines) is 1. The molecule has 2 aromatic heterocycles. The largest absolute Gasteiger partial charge is 0.459 e. The number of rotatable bonds is 9. The molecule has 1 saturated carbocycles. The van der Waals surface area contributed by atoms with Crippen molar-refractivity contribution in [1.82, 2.24) is 15.4 Å². The smallest absolute Gasteiger partial charge is 0.295 e. The number of hydrogen-bond donors (Lipinski definition) is 1. The van der Waals surface area contributed by atoms with Crippen LogP contribution in [0.25, 0.3) is 0 Å². The summed E-state index contributed by atoms with van der Waals surface area (Å²) in [5.41, 5.74) is 3.38. The first-order valence-electron chi connectivity index (χ1n) is 14.1. The number of hydrogen-bond acceptors (Lipinski definition) is 6. The molecule has 1 aliphatic heterocycles. The number of amides is 2. The van der Waals surface area contributed by atoms with E-state index in [1.54, 1.807) is 18.3 Å². The van der Waals surface area contributed by atoms with E-state index in [9.17, 15) is 9.59 Å². The molecule has 2 aliphatic rings. The fourth-order valence-electron chi connectivity index (χ4n) is 5.78. The Hall–Kier alpha value is -2.71. The summed E-state index contributed by atoms with van der Waals surface area (Å²) >= 11 is 0. The lowest BCUT2D eigenvalue weighted by Gasteiger charge is -2.41. The number of nitrogens with zero attached hydrogens (tertiary/aromatic N) is 3. The molecule has 4 rings (SSSR count). The Morgan fingerprint density at radius 3 is 2.50 bits per heavy atom. The molecule has 0 aromatic carbocycles. The second-order valence-electron chi connectivity index (χ2n) is 12.1. The van der Waals surface area contributed by atoms with Crippen LogP contribution in [0.1, 0.15) is 94.7 Å². The van der Waals surface area contributed by atoms with Crippen LogP contribution in [0.2, 0.25) is 0 Å². The Balaban J connectivity index is 1.36. The predicted molar refractivity (Wildman–Crippen MR) is 148 cm³/mol. The van der Waals surface area contributed by atoms with Crippen molar-refractivity contribution < 1.29 is 18.8 Å². The first-order valence-corrected chi connectivity index (χ1v) is 14.1. The molecule has 0 unspecified atom stereocenters. The van der Waals surface area contributed by atoms with Crippen molar-refractivity contribution in [3.63, 3.8) is 0 Å². The molecule has 8 nitrogen and oxygen atoms in total. The highest BCUT2D eigenvalue weighted by Crippen LogP contribution is 2.42. The summed E-state index contributed by atoms with van der Waals surface area (Å²) in [4.78, 5) is 40.6. The maximum absolute atomic E-state index is 13.4. The lowest BCUT2D eigenvalue weighted by molar-refractivity contribution is -0.148. The molecule has 1 saturated heterocycles. The molecular formula is C30H44N4O4. The van der Waals surface area contributed by atoms with Gasteiger partial charge in [-0.3, -0.25) is 19.3 Å². The van der Waals surface area contributed by atoms with Crippen LogP contribution in [0.3, 0.4) is 0 Å². The topological polar surface area (TPSA) is 87.9 Å². The van der Waals surface area contributed by atoms with E-state index in [2.05, 4.69) is 15.4 Å². The third kappa shape index (κ3) is 7.67. The highest BCUT2D eigenvalue weighted by Gasteiger charge is 2.36. The lowest BCUT2D eigenvalue weighted by atomic mass is 9.69. The number of aryl methyl sites for hydroxylation is 1. The van der Waals surface area contributed by atoms with E-state index in [4.69, 9.17) is 9.25 Å². The van der Waals surface area contributed by atoms with Crippen molar-refractivity contribution >= 4 is 17.6 Å². The number of pyridine rings is 1. The van der Waals surface area contributed by atoms with Gasteiger partial charge in [-0.15, -0.1) is 0 Å². The molecule has 2 amide bonds. The standard InChI is InChI=1S/C30H44N4O4/c1-23-10-11-26(31-22-23)34(28(36)25-9-8-20-37-25)24-12-17-33(18-13-24)19-16-30(14-6-5-7-15-30)21-27(35)32-38-29(2,3)4/h8-11,20,22,24H,5-7,12-19,21H2,1-4H3,(H,32,35). The van der Waals surface area contributed by atoms with Crippen LogP contribution in [0, 0.1) is 12.3 Å². The summed E-state index contributed by atoms with van der Waals surface area (Å²) in [5.74, 6) is 0.843. The first kappa shape index (κ1) is 28.3. The van der Waals surface area contributed by atoms with E-state index in [0.29, 0.717) is 18.0 Å². The predicted octanol–water partition coefficient (Wildman–Crippen LogP) is 5.67. The Morgan fingerprint density at radius 1 is 1.16 bits per heavy atom. The molecule has 2 fully saturated rings. The van der Waals surface area contributed by atoms with Crippen LogP contribution in [-0.2, 0) is 9.63 Å². The van der Waals surface area contributed by atoms with Crippen LogP contribution in [0.4, 0.5) is 5.82 Å². The first-order chi connectivity index (χ1) is 18.1. The number of anilines is 1. The average molecular weight is 525 g/mol. The normalized spacial score (nSPS) is 18.7. The second-order valence-corrected chi connectivity index (χ2v) is 12.1. The summed E-state index contributed by atoms with van der Waals surface area (Å²) in [6.45, 7) is 10.6. The number of carbonyl (C=O) groups is 2. The van der Waals surface area contributed by atoms with Gasteiger partial charge in [-0.05, 0) is 95.5 Å². The van der Waals surface area contributed by atoms with Gasteiger partial charge in [0.05, 0.1) is 11.9 Å². The van der Waals surface area contributed by atoms with Crippen LogP contribution in [0.15, 0.2) is 41.1 Å². The van der Waals surface area contributed by atoms with Crippen molar-refractivity contribution in [2.75, 3.05) is 24.5 Å². The zero-order valence-corrected chi connectivity index (χ0v) is 23.5. The Labute approximate surface area is 227 Å². The Kier molecular flexibility index (Phi) is 9.26. The fourth-order valence-corrected chi connectivity index (χ4v) is 5.78. The van der Waals surface area contributed by atoms with Gasteiger partial charge in [0.25, 0.3) is 5.91 Å². The van der Waals surface area contributed by atoms with Gasteiger partial charge >= 0.3 is 0 Å². The van der Waals surface area contributed by atoms with Crippen LogP contribution < -0.4 is 10.4 Å². The molecule has 0 atom stereocenters.